The molecule has 0 radical (unpaired) electrons. The minimum Gasteiger partial charge on any atom is -0.405 e. The third-order valence-corrected chi connectivity index (χ3v) is 2.37. The second-order valence-corrected chi connectivity index (χ2v) is 3.47. The van der Waals surface area contributed by atoms with E-state index in [0.29, 0.717) is 16.3 Å². The van der Waals surface area contributed by atoms with E-state index in [1.54, 1.807) is 18.2 Å². The molecule has 2 aromatic rings. The van der Waals surface area contributed by atoms with Gasteiger partial charge in [-0.15, -0.1) is 13.2 Å². The van der Waals surface area contributed by atoms with Gasteiger partial charge in [0.2, 0.25) is 0 Å². The predicted molar refractivity (Wildman–Crippen MR) is 56.6 cm³/mol. The van der Waals surface area contributed by atoms with Crippen molar-refractivity contribution in [2.75, 3.05) is 0 Å². The average molecular weight is 242 g/mol. The van der Waals surface area contributed by atoms with Crippen LogP contribution in [0.15, 0.2) is 36.4 Å². The highest BCUT2D eigenvalue weighted by Crippen LogP contribution is 2.32. The van der Waals surface area contributed by atoms with Gasteiger partial charge < -0.3 is 9.84 Å². The number of halogens is 3. The van der Waals surface area contributed by atoms with Crippen molar-refractivity contribution in [3.8, 4) is 5.75 Å². The van der Waals surface area contributed by atoms with E-state index < -0.39 is 6.36 Å². The van der Waals surface area contributed by atoms with Crippen LogP contribution in [0.1, 0.15) is 5.56 Å². The van der Waals surface area contributed by atoms with Crippen LogP contribution >= 0.6 is 0 Å². The zero-order chi connectivity index (χ0) is 12.5. The van der Waals surface area contributed by atoms with Gasteiger partial charge in [0.1, 0.15) is 5.75 Å². The zero-order valence-corrected chi connectivity index (χ0v) is 8.66. The highest BCUT2D eigenvalue weighted by molar-refractivity contribution is 5.91. The number of hydrogen-bond donors (Lipinski definition) is 1. The maximum atomic E-state index is 12.2. The van der Waals surface area contributed by atoms with Gasteiger partial charge in [0.15, 0.2) is 0 Å². The number of benzene rings is 2. The van der Waals surface area contributed by atoms with Crippen molar-refractivity contribution in [3.63, 3.8) is 0 Å². The van der Waals surface area contributed by atoms with Gasteiger partial charge >= 0.3 is 6.36 Å². The highest BCUT2D eigenvalue weighted by Gasteiger charge is 2.31. The quantitative estimate of drug-likeness (QED) is 0.876. The number of ether oxygens (including phenoxy) is 1. The molecule has 1 N–H and O–H groups in total. The molecule has 0 aliphatic rings. The topological polar surface area (TPSA) is 29.5 Å². The van der Waals surface area contributed by atoms with Crippen molar-refractivity contribution in [2.45, 2.75) is 13.0 Å². The van der Waals surface area contributed by atoms with Crippen LogP contribution in [0.4, 0.5) is 13.2 Å². The zero-order valence-electron chi connectivity index (χ0n) is 8.66. The molecule has 0 atom stereocenters. The van der Waals surface area contributed by atoms with Crippen molar-refractivity contribution in [1.29, 1.82) is 0 Å². The Labute approximate surface area is 95.2 Å². The molecule has 2 rings (SSSR count). The first-order valence-corrected chi connectivity index (χ1v) is 4.88. The molecule has 0 saturated heterocycles. The van der Waals surface area contributed by atoms with Crippen LogP contribution < -0.4 is 4.74 Å². The maximum absolute atomic E-state index is 12.2. The first-order valence-electron chi connectivity index (χ1n) is 4.88. The van der Waals surface area contributed by atoms with E-state index in [1.165, 1.54) is 18.2 Å². The van der Waals surface area contributed by atoms with Crippen LogP contribution in [-0.4, -0.2) is 11.5 Å². The molecule has 0 aliphatic carbocycles. The minimum absolute atomic E-state index is 0.229. The van der Waals surface area contributed by atoms with Gasteiger partial charge in [-0.3, -0.25) is 0 Å². The summed E-state index contributed by atoms with van der Waals surface area (Å²) in [5.74, 6) is -0.259. The van der Waals surface area contributed by atoms with E-state index in [0.717, 1.165) is 0 Å². The van der Waals surface area contributed by atoms with E-state index in [-0.39, 0.29) is 12.4 Å². The Morgan fingerprint density at radius 2 is 1.65 bits per heavy atom. The minimum atomic E-state index is -4.72. The summed E-state index contributed by atoms with van der Waals surface area (Å²) in [6, 6.07) is 9.11. The standard InChI is InChI=1S/C12H9F3O2/c13-12(14,15)17-11-6-5-8(7-16)9-3-1-2-4-10(9)11/h1-6,16H,7H2. The number of alkyl halides is 3. The lowest BCUT2D eigenvalue weighted by Crippen LogP contribution is -2.17. The fraction of sp³-hybridized carbons (Fsp3) is 0.167. The third kappa shape index (κ3) is 2.50. The molecule has 0 aromatic heterocycles. The molecule has 0 unspecified atom stereocenters. The van der Waals surface area contributed by atoms with Crippen LogP contribution in [0, 0.1) is 0 Å². The summed E-state index contributed by atoms with van der Waals surface area (Å²) in [4.78, 5) is 0. The van der Waals surface area contributed by atoms with E-state index in [4.69, 9.17) is 5.11 Å². The Kier molecular flexibility index (Phi) is 2.93. The van der Waals surface area contributed by atoms with E-state index in [2.05, 4.69) is 4.74 Å². The molecule has 5 heteroatoms. The van der Waals surface area contributed by atoms with Crippen molar-refractivity contribution >= 4 is 10.8 Å². The van der Waals surface area contributed by atoms with Gasteiger partial charge in [0.05, 0.1) is 6.61 Å². The summed E-state index contributed by atoms with van der Waals surface area (Å²) < 4.78 is 40.5. The number of rotatable bonds is 2. The van der Waals surface area contributed by atoms with Crippen molar-refractivity contribution in [1.82, 2.24) is 0 Å². The molecule has 0 heterocycles. The lowest BCUT2D eigenvalue weighted by atomic mass is 10.0. The molecule has 90 valence electrons. The third-order valence-electron chi connectivity index (χ3n) is 2.37. The molecule has 0 saturated carbocycles. The van der Waals surface area contributed by atoms with Crippen LogP contribution in [0.2, 0.25) is 0 Å². The Morgan fingerprint density at radius 3 is 2.24 bits per heavy atom. The van der Waals surface area contributed by atoms with Crippen LogP contribution in [0.25, 0.3) is 10.8 Å². The summed E-state index contributed by atoms with van der Waals surface area (Å²) in [6.45, 7) is -0.229. The van der Waals surface area contributed by atoms with Crippen LogP contribution in [0.3, 0.4) is 0 Å². The largest absolute Gasteiger partial charge is 0.573 e. The highest BCUT2D eigenvalue weighted by atomic mass is 19.4. The molecule has 0 bridgehead atoms. The fourth-order valence-corrected chi connectivity index (χ4v) is 1.69. The molecule has 0 amide bonds. The SMILES string of the molecule is OCc1ccc(OC(F)(F)F)c2ccccc12. The van der Waals surface area contributed by atoms with Crippen LogP contribution in [-0.2, 0) is 6.61 Å². The van der Waals surface area contributed by atoms with Gasteiger partial charge in [-0.25, -0.2) is 0 Å². The predicted octanol–water partition coefficient (Wildman–Crippen LogP) is 3.23. The van der Waals surface area contributed by atoms with Gasteiger partial charge in [-0.2, -0.15) is 0 Å². The van der Waals surface area contributed by atoms with Crippen LogP contribution in [0.5, 0.6) is 5.75 Å². The fourth-order valence-electron chi connectivity index (χ4n) is 1.69. The van der Waals surface area contributed by atoms with Gasteiger partial charge in [-0.1, -0.05) is 30.3 Å². The lowest BCUT2D eigenvalue weighted by Gasteiger charge is -2.12. The Hall–Kier alpha value is -1.75. The molecule has 17 heavy (non-hydrogen) atoms. The summed E-state index contributed by atoms with van der Waals surface area (Å²) in [5.41, 5.74) is 0.565. The molecule has 0 fully saturated rings. The summed E-state index contributed by atoms with van der Waals surface area (Å²) >= 11 is 0. The Morgan fingerprint density at radius 1 is 1.00 bits per heavy atom. The number of aliphatic hydroxyl groups excluding tert-OH is 1. The van der Waals surface area contributed by atoms with Gasteiger partial charge in [-0.05, 0) is 17.0 Å². The summed E-state index contributed by atoms with van der Waals surface area (Å²) in [7, 11) is 0. The number of aliphatic hydroxyl groups is 1. The van der Waals surface area contributed by atoms with E-state index in [9.17, 15) is 13.2 Å². The molecular weight excluding hydrogens is 233 g/mol. The van der Waals surface area contributed by atoms with E-state index >= 15 is 0 Å². The average Bonchev–Trinajstić information content (AvgIpc) is 2.28. The normalized spacial score (nSPS) is 11.8. The monoisotopic (exact) mass is 242 g/mol. The second-order valence-electron chi connectivity index (χ2n) is 3.47. The molecular formula is C12H9F3O2. The maximum Gasteiger partial charge on any atom is 0.573 e. The first-order chi connectivity index (χ1) is 8.01. The molecule has 2 nitrogen and oxygen atoms in total. The number of fused-ring (bicyclic) bond motifs is 1. The molecule has 0 aliphatic heterocycles. The number of hydrogen-bond acceptors (Lipinski definition) is 2. The van der Waals surface area contributed by atoms with Crippen molar-refractivity contribution < 1.29 is 23.0 Å². The Bertz CT molecular complexity index is 535. The molecule has 2 aromatic carbocycles. The van der Waals surface area contributed by atoms with Crippen molar-refractivity contribution in [2.24, 2.45) is 0 Å². The second kappa shape index (κ2) is 4.25. The summed E-state index contributed by atoms with van der Waals surface area (Å²) in [6.07, 6.45) is -4.72. The smallest absolute Gasteiger partial charge is 0.405 e. The van der Waals surface area contributed by atoms with Gasteiger partial charge in [0, 0.05) is 5.39 Å². The van der Waals surface area contributed by atoms with Gasteiger partial charge in [0.25, 0.3) is 0 Å². The van der Waals surface area contributed by atoms with E-state index in [1.807, 2.05) is 0 Å². The summed E-state index contributed by atoms with van der Waals surface area (Å²) in [5, 5.41) is 9.98. The van der Waals surface area contributed by atoms with Crippen molar-refractivity contribution in [3.05, 3.63) is 42.0 Å². The first kappa shape index (κ1) is 11.7. The lowest BCUT2D eigenvalue weighted by molar-refractivity contribution is -0.274. The Balaban J connectivity index is 2.59. The molecule has 0 spiro atoms.